The Morgan fingerprint density at radius 3 is 2.39 bits per heavy atom. The highest BCUT2D eigenvalue weighted by Crippen LogP contribution is 2.47. The average molecular weight is 253 g/mol. The van der Waals surface area contributed by atoms with Crippen LogP contribution in [0.1, 0.15) is 46.0 Å². The first-order chi connectivity index (χ1) is 8.28. The number of aliphatic carboxylic acids is 1. The van der Waals surface area contributed by atoms with E-state index in [0.29, 0.717) is 0 Å². The highest BCUT2D eigenvalue weighted by molar-refractivity contribution is 6.06. The van der Waals surface area contributed by atoms with Gasteiger partial charge in [-0.15, -0.1) is 0 Å². The third-order valence-electron chi connectivity index (χ3n) is 4.18. The van der Waals surface area contributed by atoms with Gasteiger partial charge in [0.1, 0.15) is 0 Å². The number of imide groups is 1. The van der Waals surface area contributed by atoms with E-state index in [0.717, 1.165) is 25.7 Å². The molecule has 1 heterocycles. The number of rotatable bonds is 3. The van der Waals surface area contributed by atoms with Crippen LogP contribution < -0.4 is 0 Å². The zero-order valence-corrected chi connectivity index (χ0v) is 10.9. The van der Waals surface area contributed by atoms with E-state index in [2.05, 4.69) is 0 Å². The molecule has 0 radical (unpaired) electrons. The van der Waals surface area contributed by atoms with E-state index in [-0.39, 0.29) is 24.8 Å². The Hall–Kier alpha value is -1.39. The van der Waals surface area contributed by atoms with E-state index in [1.54, 1.807) is 0 Å². The van der Waals surface area contributed by atoms with Gasteiger partial charge in [0, 0.05) is 13.0 Å². The number of carbonyl (C=O) groups excluding carboxylic acids is 2. The quantitative estimate of drug-likeness (QED) is 0.772. The maximum Gasteiger partial charge on any atom is 0.310 e. The lowest BCUT2D eigenvalue weighted by Gasteiger charge is -2.27. The van der Waals surface area contributed by atoms with E-state index in [1.165, 1.54) is 18.7 Å². The van der Waals surface area contributed by atoms with Crippen molar-refractivity contribution in [2.45, 2.75) is 46.0 Å². The summed E-state index contributed by atoms with van der Waals surface area (Å²) in [5.74, 6) is -1.36. The summed E-state index contributed by atoms with van der Waals surface area (Å²) in [4.78, 5) is 36.6. The summed E-state index contributed by atoms with van der Waals surface area (Å²) in [5.41, 5.74) is -1.60. The van der Waals surface area contributed by atoms with Crippen LogP contribution in [0.15, 0.2) is 0 Å². The molecule has 0 atom stereocenters. The Balaban J connectivity index is 2.18. The minimum Gasteiger partial charge on any atom is -0.481 e. The summed E-state index contributed by atoms with van der Waals surface area (Å²) in [5, 5.41) is 9.08. The molecule has 1 saturated heterocycles. The molecule has 0 unspecified atom stereocenters. The SMILES string of the molecule is CC(C)(CN1C(=O)CC2(CCCC2)C1=O)C(=O)O. The van der Waals surface area contributed by atoms with E-state index in [4.69, 9.17) is 5.11 Å². The van der Waals surface area contributed by atoms with Gasteiger partial charge in [-0.25, -0.2) is 0 Å². The number of carbonyl (C=O) groups is 3. The van der Waals surface area contributed by atoms with Gasteiger partial charge in [-0.3, -0.25) is 19.3 Å². The fourth-order valence-electron chi connectivity index (χ4n) is 2.93. The Kier molecular flexibility index (Phi) is 2.95. The van der Waals surface area contributed by atoms with Crippen LogP contribution in [-0.4, -0.2) is 34.3 Å². The molecule has 1 aliphatic carbocycles. The van der Waals surface area contributed by atoms with E-state index < -0.39 is 16.8 Å². The lowest BCUT2D eigenvalue weighted by atomic mass is 9.84. The maximum absolute atomic E-state index is 12.4. The molecular formula is C13H19NO4. The second-order valence-electron chi connectivity index (χ2n) is 6.14. The van der Waals surface area contributed by atoms with Crippen molar-refractivity contribution < 1.29 is 19.5 Å². The van der Waals surface area contributed by atoms with Crippen LogP contribution in [0.25, 0.3) is 0 Å². The molecule has 2 rings (SSSR count). The van der Waals surface area contributed by atoms with Crippen molar-refractivity contribution in [2.24, 2.45) is 10.8 Å². The third kappa shape index (κ3) is 1.91. The first-order valence-electron chi connectivity index (χ1n) is 6.37. The molecule has 1 spiro atoms. The largest absolute Gasteiger partial charge is 0.481 e. The molecule has 1 saturated carbocycles. The summed E-state index contributed by atoms with van der Waals surface area (Å²) >= 11 is 0. The summed E-state index contributed by atoms with van der Waals surface area (Å²) < 4.78 is 0. The van der Waals surface area contributed by atoms with Crippen LogP contribution in [0.5, 0.6) is 0 Å². The molecule has 0 aromatic heterocycles. The second kappa shape index (κ2) is 4.07. The molecule has 5 heteroatoms. The predicted molar refractivity (Wildman–Crippen MR) is 63.7 cm³/mol. The third-order valence-corrected chi connectivity index (χ3v) is 4.18. The summed E-state index contributed by atoms with van der Waals surface area (Å²) in [6.45, 7) is 3.05. The van der Waals surface area contributed by atoms with Crippen molar-refractivity contribution >= 4 is 17.8 Å². The number of hydrogen-bond acceptors (Lipinski definition) is 3. The molecule has 18 heavy (non-hydrogen) atoms. The number of hydrogen-bond donors (Lipinski definition) is 1. The molecule has 0 aromatic rings. The van der Waals surface area contributed by atoms with Crippen molar-refractivity contribution in [3.05, 3.63) is 0 Å². The smallest absolute Gasteiger partial charge is 0.310 e. The number of amides is 2. The minimum atomic E-state index is -1.09. The standard InChI is InChI=1S/C13H19NO4/c1-12(2,11(17)18)8-14-9(15)7-13(10(14)16)5-3-4-6-13/h3-8H2,1-2H3,(H,17,18). The molecule has 100 valence electrons. The Bertz CT molecular complexity index is 407. The number of carboxylic acid groups (broad SMARTS) is 1. The van der Waals surface area contributed by atoms with Crippen molar-refractivity contribution in [3.8, 4) is 0 Å². The second-order valence-corrected chi connectivity index (χ2v) is 6.14. The Morgan fingerprint density at radius 2 is 1.89 bits per heavy atom. The molecular weight excluding hydrogens is 234 g/mol. The van der Waals surface area contributed by atoms with Gasteiger partial charge in [0.15, 0.2) is 0 Å². The molecule has 2 fully saturated rings. The van der Waals surface area contributed by atoms with Crippen LogP contribution in [0.4, 0.5) is 0 Å². The number of nitrogens with zero attached hydrogens (tertiary/aromatic N) is 1. The van der Waals surface area contributed by atoms with Gasteiger partial charge in [0.2, 0.25) is 11.8 Å². The van der Waals surface area contributed by atoms with Crippen molar-refractivity contribution in [1.29, 1.82) is 0 Å². The maximum atomic E-state index is 12.4. The molecule has 1 aliphatic heterocycles. The van der Waals surface area contributed by atoms with Crippen LogP contribution in [0.2, 0.25) is 0 Å². The fraction of sp³-hybridized carbons (Fsp3) is 0.769. The summed E-state index contributed by atoms with van der Waals surface area (Å²) in [7, 11) is 0. The van der Waals surface area contributed by atoms with Crippen LogP contribution in [-0.2, 0) is 14.4 Å². The summed E-state index contributed by atoms with van der Waals surface area (Å²) in [6.07, 6.45) is 3.76. The van der Waals surface area contributed by atoms with Gasteiger partial charge >= 0.3 is 5.97 Å². The molecule has 2 amide bonds. The zero-order valence-electron chi connectivity index (χ0n) is 10.9. The van der Waals surface area contributed by atoms with Crippen LogP contribution >= 0.6 is 0 Å². The molecule has 1 N–H and O–H groups in total. The number of carboxylic acids is 1. The van der Waals surface area contributed by atoms with Crippen molar-refractivity contribution in [3.63, 3.8) is 0 Å². The van der Waals surface area contributed by atoms with Gasteiger partial charge in [-0.1, -0.05) is 12.8 Å². The Morgan fingerprint density at radius 1 is 1.33 bits per heavy atom. The average Bonchev–Trinajstić information content (AvgIpc) is 2.81. The van der Waals surface area contributed by atoms with E-state index >= 15 is 0 Å². The monoisotopic (exact) mass is 253 g/mol. The normalized spacial score (nSPS) is 23.1. The molecule has 0 aromatic carbocycles. The summed E-state index contributed by atoms with van der Waals surface area (Å²) in [6, 6.07) is 0. The first-order valence-corrected chi connectivity index (χ1v) is 6.37. The zero-order chi connectivity index (χ0) is 13.6. The predicted octanol–water partition coefficient (Wildman–Crippen LogP) is 1.42. The number of likely N-dealkylation sites (tertiary alicyclic amines) is 1. The van der Waals surface area contributed by atoms with Gasteiger partial charge in [0.25, 0.3) is 0 Å². The Labute approximate surface area is 106 Å². The minimum absolute atomic E-state index is 0.0260. The van der Waals surface area contributed by atoms with Crippen LogP contribution in [0, 0.1) is 10.8 Å². The lowest BCUT2D eigenvalue weighted by Crippen LogP contribution is -2.43. The van der Waals surface area contributed by atoms with E-state index in [1.807, 2.05) is 0 Å². The van der Waals surface area contributed by atoms with Gasteiger partial charge < -0.3 is 5.11 Å². The van der Waals surface area contributed by atoms with Crippen LogP contribution in [0.3, 0.4) is 0 Å². The highest BCUT2D eigenvalue weighted by Gasteiger charge is 2.53. The first kappa shape index (κ1) is 13.1. The van der Waals surface area contributed by atoms with Crippen molar-refractivity contribution in [2.75, 3.05) is 6.54 Å². The van der Waals surface area contributed by atoms with E-state index in [9.17, 15) is 14.4 Å². The van der Waals surface area contributed by atoms with Gasteiger partial charge in [-0.2, -0.15) is 0 Å². The highest BCUT2D eigenvalue weighted by atomic mass is 16.4. The topological polar surface area (TPSA) is 74.7 Å². The molecule has 2 aliphatic rings. The fourth-order valence-corrected chi connectivity index (χ4v) is 2.93. The molecule has 5 nitrogen and oxygen atoms in total. The molecule has 0 bridgehead atoms. The van der Waals surface area contributed by atoms with Gasteiger partial charge in [0.05, 0.1) is 10.8 Å². The lowest BCUT2D eigenvalue weighted by molar-refractivity contribution is -0.151. The van der Waals surface area contributed by atoms with Gasteiger partial charge in [-0.05, 0) is 26.7 Å². The van der Waals surface area contributed by atoms with Crippen molar-refractivity contribution in [1.82, 2.24) is 4.90 Å².